The number of amides is 1. The number of carbonyl (C=O) groups excluding carboxylic acids is 1. The summed E-state index contributed by atoms with van der Waals surface area (Å²) in [6.45, 7) is 2.87. The Morgan fingerprint density at radius 3 is 2.68 bits per heavy atom. The lowest BCUT2D eigenvalue weighted by molar-refractivity contribution is -0.129. The summed E-state index contributed by atoms with van der Waals surface area (Å²) < 4.78 is 0. The summed E-state index contributed by atoms with van der Waals surface area (Å²) in [5.41, 5.74) is 5.73. The number of fused-ring (bicyclic) bond motifs is 5. The van der Waals surface area contributed by atoms with Gasteiger partial charge in [-0.1, -0.05) is 48.5 Å². The zero-order chi connectivity index (χ0) is 17.0. The second kappa shape index (κ2) is 5.09. The van der Waals surface area contributed by atoms with Crippen LogP contribution < -0.4 is 0 Å². The molecule has 0 radical (unpaired) electrons. The van der Waals surface area contributed by atoms with Crippen LogP contribution in [0.25, 0.3) is 10.9 Å². The molecular weight excluding hydrogens is 308 g/mol. The van der Waals surface area contributed by atoms with Crippen LogP contribution in [0.3, 0.4) is 0 Å². The number of carbonyl (C=O) groups is 1. The van der Waals surface area contributed by atoms with E-state index in [2.05, 4.69) is 65.3 Å². The maximum absolute atomic E-state index is 12.7. The molecule has 3 heterocycles. The van der Waals surface area contributed by atoms with Gasteiger partial charge in [0.2, 0.25) is 5.91 Å². The molecule has 5 rings (SSSR count). The first kappa shape index (κ1) is 14.5. The van der Waals surface area contributed by atoms with Crippen LogP contribution in [0, 0.1) is 0 Å². The summed E-state index contributed by atoms with van der Waals surface area (Å²) in [4.78, 5) is 18.4. The van der Waals surface area contributed by atoms with Crippen molar-refractivity contribution in [3.63, 3.8) is 0 Å². The van der Waals surface area contributed by atoms with E-state index in [0.717, 1.165) is 30.5 Å². The van der Waals surface area contributed by atoms with E-state index >= 15 is 0 Å². The maximum atomic E-state index is 12.7. The quantitative estimate of drug-likeness (QED) is 0.760. The van der Waals surface area contributed by atoms with Crippen molar-refractivity contribution in [3.05, 3.63) is 83.1 Å². The molecule has 3 nitrogen and oxygen atoms in total. The van der Waals surface area contributed by atoms with Gasteiger partial charge >= 0.3 is 0 Å². The smallest absolute Gasteiger partial charge is 0.247 e. The predicted molar refractivity (Wildman–Crippen MR) is 99.3 cm³/mol. The summed E-state index contributed by atoms with van der Waals surface area (Å²) in [5.74, 6) is 0.137. The van der Waals surface area contributed by atoms with Gasteiger partial charge in [0.1, 0.15) is 5.54 Å². The molecule has 1 amide bonds. The average molecular weight is 328 g/mol. The molecule has 0 aliphatic carbocycles. The Morgan fingerprint density at radius 1 is 1.08 bits per heavy atom. The fraction of sp³-hybridized carbons (Fsp3) is 0.227. The molecule has 1 unspecified atom stereocenters. The average Bonchev–Trinajstić information content (AvgIpc) is 3.12. The van der Waals surface area contributed by atoms with Crippen LogP contribution in [0.1, 0.15) is 23.7 Å². The number of aromatic amines is 1. The fourth-order valence-corrected chi connectivity index (χ4v) is 4.67. The van der Waals surface area contributed by atoms with Crippen LogP contribution in [0.2, 0.25) is 0 Å². The molecule has 0 bridgehead atoms. The Bertz CT molecular complexity index is 1010. The zero-order valence-electron chi connectivity index (χ0n) is 14.3. The maximum Gasteiger partial charge on any atom is 0.247 e. The van der Waals surface area contributed by atoms with Crippen LogP contribution in [0.5, 0.6) is 0 Å². The molecule has 2 aliphatic rings. The van der Waals surface area contributed by atoms with E-state index in [-0.39, 0.29) is 11.4 Å². The third kappa shape index (κ3) is 1.89. The number of aromatic nitrogens is 1. The molecular formula is C22H20N2O. The Kier molecular flexibility index (Phi) is 2.96. The van der Waals surface area contributed by atoms with Crippen molar-refractivity contribution in [1.82, 2.24) is 9.88 Å². The predicted octanol–water partition coefficient (Wildman–Crippen LogP) is 3.95. The Balaban J connectivity index is 1.77. The van der Waals surface area contributed by atoms with Crippen molar-refractivity contribution >= 4 is 16.8 Å². The number of benzene rings is 2. The number of hydrogen-bond acceptors (Lipinski definition) is 1. The molecule has 1 N–H and O–H groups in total. The molecule has 0 spiro atoms. The highest BCUT2D eigenvalue weighted by Crippen LogP contribution is 2.48. The highest BCUT2D eigenvalue weighted by atomic mass is 16.2. The lowest BCUT2D eigenvalue weighted by Gasteiger charge is -2.44. The van der Waals surface area contributed by atoms with Gasteiger partial charge in [-0.05, 0) is 36.1 Å². The summed E-state index contributed by atoms with van der Waals surface area (Å²) in [6.07, 6.45) is 3.54. The van der Waals surface area contributed by atoms with E-state index in [9.17, 15) is 4.79 Å². The van der Waals surface area contributed by atoms with Gasteiger partial charge in [-0.2, -0.15) is 0 Å². The molecule has 2 aliphatic heterocycles. The van der Waals surface area contributed by atoms with Gasteiger partial charge in [0, 0.05) is 29.9 Å². The van der Waals surface area contributed by atoms with Crippen LogP contribution >= 0.6 is 0 Å². The van der Waals surface area contributed by atoms with Crippen molar-refractivity contribution in [2.45, 2.75) is 25.3 Å². The Hall–Kier alpha value is -2.81. The molecule has 124 valence electrons. The minimum atomic E-state index is -0.384. The van der Waals surface area contributed by atoms with E-state index in [1.807, 2.05) is 12.1 Å². The molecule has 1 atom stereocenters. The molecule has 0 fully saturated rings. The molecule has 2 aromatic carbocycles. The van der Waals surface area contributed by atoms with E-state index in [4.69, 9.17) is 0 Å². The third-order valence-electron chi connectivity index (χ3n) is 5.83. The van der Waals surface area contributed by atoms with Gasteiger partial charge in [0.05, 0.1) is 5.69 Å². The van der Waals surface area contributed by atoms with Gasteiger partial charge in [-0.25, -0.2) is 0 Å². The van der Waals surface area contributed by atoms with E-state index in [1.54, 1.807) is 0 Å². The first-order chi connectivity index (χ1) is 12.2. The van der Waals surface area contributed by atoms with Crippen LogP contribution in [-0.4, -0.2) is 22.3 Å². The topological polar surface area (TPSA) is 36.1 Å². The highest BCUT2D eigenvalue weighted by molar-refractivity contribution is 5.95. The Labute approximate surface area is 147 Å². The van der Waals surface area contributed by atoms with Crippen LogP contribution in [-0.2, 0) is 23.2 Å². The number of para-hydroxylation sites is 1. The minimum absolute atomic E-state index is 0.137. The molecule has 1 aromatic heterocycles. The van der Waals surface area contributed by atoms with Crippen molar-refractivity contribution < 1.29 is 4.79 Å². The fourth-order valence-electron chi connectivity index (χ4n) is 4.67. The van der Waals surface area contributed by atoms with Crippen molar-refractivity contribution in [1.29, 1.82) is 0 Å². The van der Waals surface area contributed by atoms with Gasteiger partial charge in [0.25, 0.3) is 0 Å². The van der Waals surface area contributed by atoms with Gasteiger partial charge in [-0.15, -0.1) is 0 Å². The SMILES string of the molecule is CC1=CC(=O)N2CCc3c([nH]c4ccccc34)C12Cc1ccccc1. The van der Waals surface area contributed by atoms with Gasteiger partial charge in [0.15, 0.2) is 0 Å². The summed E-state index contributed by atoms with van der Waals surface area (Å²) >= 11 is 0. The molecule has 0 saturated carbocycles. The standard InChI is InChI=1S/C22H20N2O/c1-15-13-20(25)24-12-11-18-17-9-5-6-10-19(17)23-21(18)22(15,24)14-16-7-3-2-4-8-16/h2-10,13,23H,11-12,14H2,1H3. The lowest BCUT2D eigenvalue weighted by atomic mass is 9.77. The van der Waals surface area contributed by atoms with Gasteiger partial charge in [-0.3, -0.25) is 4.79 Å². The second-order valence-electron chi connectivity index (χ2n) is 7.11. The third-order valence-corrected chi connectivity index (χ3v) is 5.83. The number of H-pyrrole nitrogens is 1. The van der Waals surface area contributed by atoms with Gasteiger partial charge < -0.3 is 9.88 Å². The first-order valence-corrected chi connectivity index (χ1v) is 8.84. The molecule has 3 aromatic rings. The van der Waals surface area contributed by atoms with Crippen molar-refractivity contribution in [2.24, 2.45) is 0 Å². The number of nitrogens with zero attached hydrogens (tertiary/aromatic N) is 1. The molecule has 0 saturated heterocycles. The normalized spacial score (nSPS) is 22.0. The van der Waals surface area contributed by atoms with E-state index < -0.39 is 0 Å². The van der Waals surface area contributed by atoms with Crippen molar-refractivity contribution in [2.75, 3.05) is 6.54 Å². The zero-order valence-corrected chi connectivity index (χ0v) is 14.3. The van der Waals surface area contributed by atoms with E-state index in [0.29, 0.717) is 0 Å². The van der Waals surface area contributed by atoms with Crippen LogP contribution in [0.15, 0.2) is 66.2 Å². The largest absolute Gasteiger partial charge is 0.356 e. The molecule has 25 heavy (non-hydrogen) atoms. The monoisotopic (exact) mass is 328 g/mol. The summed E-state index contributed by atoms with van der Waals surface area (Å²) in [7, 11) is 0. The number of hydrogen-bond donors (Lipinski definition) is 1. The van der Waals surface area contributed by atoms with Crippen molar-refractivity contribution in [3.8, 4) is 0 Å². The Morgan fingerprint density at radius 2 is 1.84 bits per heavy atom. The summed E-state index contributed by atoms with van der Waals surface area (Å²) in [5, 5.41) is 1.29. The minimum Gasteiger partial charge on any atom is -0.356 e. The second-order valence-corrected chi connectivity index (χ2v) is 7.11. The lowest BCUT2D eigenvalue weighted by Crippen LogP contribution is -2.51. The summed E-state index contributed by atoms with van der Waals surface area (Å²) in [6, 6.07) is 19.0. The number of rotatable bonds is 2. The van der Waals surface area contributed by atoms with E-state index in [1.165, 1.54) is 22.2 Å². The highest BCUT2D eigenvalue weighted by Gasteiger charge is 2.51. The number of nitrogens with one attached hydrogen (secondary N) is 1. The first-order valence-electron chi connectivity index (χ1n) is 8.84. The van der Waals surface area contributed by atoms with Crippen LogP contribution in [0.4, 0.5) is 0 Å². The molecule has 3 heteroatoms.